The van der Waals surface area contributed by atoms with Crippen LogP contribution in [0.2, 0.25) is 0 Å². The fourth-order valence-corrected chi connectivity index (χ4v) is 0.302. The molecule has 0 atom stereocenters. The summed E-state index contributed by atoms with van der Waals surface area (Å²) < 4.78 is 0. The van der Waals surface area contributed by atoms with Gasteiger partial charge in [0, 0.05) is 0 Å². The first kappa shape index (κ1) is 7.88. The van der Waals surface area contributed by atoms with Gasteiger partial charge in [-0.15, -0.1) is 0 Å². The van der Waals surface area contributed by atoms with Crippen molar-refractivity contribution < 1.29 is 4.79 Å². The molecule has 0 saturated carbocycles. The summed E-state index contributed by atoms with van der Waals surface area (Å²) >= 11 is 0. The number of amides is 1. The first-order valence-electron chi connectivity index (χ1n) is 2.71. The average molecular weight is 126 g/mol. The molecule has 9 heavy (non-hydrogen) atoms. The lowest BCUT2D eigenvalue weighted by atomic mass is 10.5. The molecule has 0 aliphatic rings. The number of nitrogens with one attached hydrogen (secondary N) is 1. The third-order valence-electron chi connectivity index (χ3n) is 0.680. The van der Waals surface area contributed by atoms with Gasteiger partial charge in [-0.2, -0.15) is 0 Å². The second-order valence-electron chi connectivity index (χ2n) is 1.35. The van der Waals surface area contributed by atoms with Gasteiger partial charge >= 0.3 is 0 Å². The van der Waals surface area contributed by atoms with Crippen LogP contribution in [0.5, 0.6) is 0 Å². The van der Waals surface area contributed by atoms with Crippen molar-refractivity contribution in [3.63, 3.8) is 0 Å². The molecule has 1 amide bonds. The van der Waals surface area contributed by atoms with Crippen LogP contribution in [0.1, 0.15) is 6.92 Å². The van der Waals surface area contributed by atoms with E-state index in [1.165, 1.54) is 6.34 Å². The molecule has 0 bridgehead atoms. The summed E-state index contributed by atoms with van der Waals surface area (Å²) in [4.78, 5) is 13.4. The molecule has 0 unspecified atom stereocenters. The lowest BCUT2D eigenvalue weighted by Crippen LogP contribution is -2.06. The van der Waals surface area contributed by atoms with E-state index in [9.17, 15) is 4.79 Å². The van der Waals surface area contributed by atoms with Gasteiger partial charge in [0.15, 0.2) is 0 Å². The van der Waals surface area contributed by atoms with Crippen molar-refractivity contribution in [3.8, 4) is 0 Å². The molecule has 50 valence electrons. The quantitative estimate of drug-likeness (QED) is 0.251. The minimum Gasteiger partial charge on any atom is -0.320 e. The van der Waals surface area contributed by atoms with Crippen LogP contribution >= 0.6 is 0 Å². The fourth-order valence-electron chi connectivity index (χ4n) is 0.302. The highest BCUT2D eigenvalue weighted by atomic mass is 16.1. The highest BCUT2D eigenvalue weighted by molar-refractivity contribution is 5.71. The van der Waals surface area contributed by atoms with E-state index in [1.807, 2.05) is 19.1 Å². The largest absolute Gasteiger partial charge is 0.320 e. The number of nitrogens with zero attached hydrogens (tertiary/aromatic N) is 1. The summed E-state index contributed by atoms with van der Waals surface area (Å²) in [6.45, 7) is 2.54. The molecule has 0 aromatic rings. The normalized spacial score (nSPS) is 10.8. The van der Waals surface area contributed by atoms with Crippen LogP contribution in [0.25, 0.3) is 0 Å². The third-order valence-corrected chi connectivity index (χ3v) is 0.680. The predicted octanol–water partition coefficient (Wildman–Crippen LogP) is 0.337. The van der Waals surface area contributed by atoms with Crippen LogP contribution in [-0.4, -0.2) is 19.3 Å². The van der Waals surface area contributed by atoms with Gasteiger partial charge in [-0.1, -0.05) is 12.2 Å². The molecule has 0 aromatic carbocycles. The average Bonchev–Trinajstić information content (AvgIpc) is 1.89. The number of carbonyl (C=O) groups excluding carboxylic acids is 1. The standard InChI is InChI=1S/C6H10N2O/c1-2-3-4-7-5-8-6-9/h2-3,5-6H,4H2,1H3,(H,7,8,9). The smallest absolute Gasteiger partial charge is 0.212 e. The van der Waals surface area contributed by atoms with Crippen molar-refractivity contribution >= 4 is 12.7 Å². The maximum absolute atomic E-state index is 9.62. The van der Waals surface area contributed by atoms with E-state index in [4.69, 9.17) is 0 Å². The fraction of sp³-hybridized carbons (Fsp3) is 0.333. The highest BCUT2D eigenvalue weighted by Crippen LogP contribution is 1.69. The molecule has 1 N–H and O–H groups in total. The molecule has 0 fully saturated rings. The zero-order chi connectivity index (χ0) is 6.95. The van der Waals surface area contributed by atoms with Crippen molar-refractivity contribution in [2.75, 3.05) is 6.54 Å². The summed E-state index contributed by atoms with van der Waals surface area (Å²) in [5.74, 6) is 0. The Morgan fingerprint density at radius 3 is 3.00 bits per heavy atom. The van der Waals surface area contributed by atoms with Crippen molar-refractivity contribution in [1.29, 1.82) is 0 Å². The van der Waals surface area contributed by atoms with Gasteiger partial charge in [0.25, 0.3) is 0 Å². The van der Waals surface area contributed by atoms with Crippen molar-refractivity contribution in [3.05, 3.63) is 12.2 Å². The van der Waals surface area contributed by atoms with Crippen LogP contribution < -0.4 is 5.32 Å². The van der Waals surface area contributed by atoms with E-state index in [-0.39, 0.29) is 0 Å². The number of aliphatic imine (C=N–C) groups is 1. The maximum atomic E-state index is 9.62. The minimum atomic E-state index is 0.582. The van der Waals surface area contributed by atoms with Gasteiger partial charge in [-0.25, -0.2) is 0 Å². The monoisotopic (exact) mass is 126 g/mol. The first-order chi connectivity index (χ1) is 4.41. The Bertz CT molecular complexity index is 118. The summed E-state index contributed by atoms with van der Waals surface area (Å²) in [6, 6.07) is 0. The summed E-state index contributed by atoms with van der Waals surface area (Å²) in [6.07, 6.45) is 5.74. The number of hydrogen-bond acceptors (Lipinski definition) is 2. The molecule has 0 heterocycles. The minimum absolute atomic E-state index is 0.582. The van der Waals surface area contributed by atoms with Crippen molar-refractivity contribution in [2.45, 2.75) is 6.92 Å². The highest BCUT2D eigenvalue weighted by Gasteiger charge is 1.66. The number of hydrogen-bond donors (Lipinski definition) is 1. The van der Waals surface area contributed by atoms with E-state index in [2.05, 4.69) is 10.3 Å². The number of rotatable bonds is 4. The molecule has 0 aliphatic heterocycles. The summed E-state index contributed by atoms with van der Waals surface area (Å²) in [7, 11) is 0. The lowest BCUT2D eigenvalue weighted by Gasteiger charge is -1.81. The van der Waals surface area contributed by atoms with Crippen molar-refractivity contribution in [1.82, 2.24) is 5.32 Å². The topological polar surface area (TPSA) is 41.5 Å². The Labute approximate surface area is 54.5 Å². The first-order valence-corrected chi connectivity index (χ1v) is 2.71. The second-order valence-corrected chi connectivity index (χ2v) is 1.35. The number of allylic oxidation sites excluding steroid dienone is 1. The van der Waals surface area contributed by atoms with Gasteiger partial charge < -0.3 is 5.32 Å². The summed E-state index contributed by atoms with van der Waals surface area (Å²) in [5, 5.41) is 2.30. The van der Waals surface area contributed by atoms with Gasteiger partial charge in [-0.05, 0) is 6.92 Å². The molecular formula is C6H10N2O. The predicted molar refractivity (Wildman–Crippen MR) is 37.4 cm³/mol. The number of carbonyl (C=O) groups is 1. The molecule has 3 nitrogen and oxygen atoms in total. The Balaban J connectivity index is 3.14. The van der Waals surface area contributed by atoms with Gasteiger partial charge in [-0.3, -0.25) is 9.79 Å². The second kappa shape index (κ2) is 6.88. The molecule has 0 aliphatic carbocycles. The molecule has 3 heteroatoms. The zero-order valence-corrected chi connectivity index (χ0v) is 5.37. The zero-order valence-electron chi connectivity index (χ0n) is 5.37. The molecule has 0 aromatic heterocycles. The SMILES string of the molecule is CC=CCN=CNC=O. The Morgan fingerprint density at radius 2 is 2.44 bits per heavy atom. The summed E-state index contributed by atoms with van der Waals surface area (Å²) in [5.41, 5.74) is 0. The molecule has 0 rings (SSSR count). The Morgan fingerprint density at radius 1 is 1.67 bits per heavy atom. The van der Waals surface area contributed by atoms with Gasteiger partial charge in [0.1, 0.15) is 0 Å². The van der Waals surface area contributed by atoms with E-state index >= 15 is 0 Å². The van der Waals surface area contributed by atoms with E-state index in [1.54, 1.807) is 0 Å². The van der Waals surface area contributed by atoms with E-state index in [0.717, 1.165) is 0 Å². The van der Waals surface area contributed by atoms with Crippen molar-refractivity contribution in [2.24, 2.45) is 4.99 Å². The maximum Gasteiger partial charge on any atom is 0.212 e. The van der Waals surface area contributed by atoms with Crippen LogP contribution in [-0.2, 0) is 4.79 Å². The van der Waals surface area contributed by atoms with Gasteiger partial charge in [0.2, 0.25) is 6.41 Å². The van der Waals surface area contributed by atoms with Crippen LogP contribution in [0, 0.1) is 0 Å². The Hall–Kier alpha value is -1.12. The molecule has 0 spiro atoms. The lowest BCUT2D eigenvalue weighted by molar-refractivity contribution is -0.108. The van der Waals surface area contributed by atoms with Gasteiger partial charge in [0.05, 0.1) is 12.9 Å². The van der Waals surface area contributed by atoms with Crippen LogP contribution in [0.3, 0.4) is 0 Å². The third kappa shape index (κ3) is 6.88. The van der Waals surface area contributed by atoms with Crippen LogP contribution in [0.15, 0.2) is 17.1 Å². The Kier molecular flexibility index (Phi) is 6.02. The van der Waals surface area contributed by atoms with E-state index in [0.29, 0.717) is 13.0 Å². The molecule has 0 radical (unpaired) electrons. The molecule has 0 saturated heterocycles. The molecular weight excluding hydrogens is 116 g/mol. The van der Waals surface area contributed by atoms with Crippen LogP contribution in [0.4, 0.5) is 0 Å². The van der Waals surface area contributed by atoms with E-state index < -0.39 is 0 Å².